The minimum Gasteiger partial charge on any atom is -0.495 e. The van der Waals surface area contributed by atoms with E-state index >= 15 is 0 Å². The van der Waals surface area contributed by atoms with Crippen LogP contribution in [0.1, 0.15) is 6.92 Å². The molecule has 88 valence electrons. The fraction of sp³-hybridized carbons (Fsp3) is 0.364. The first kappa shape index (κ1) is 12.6. The average molecular weight is 243 g/mol. The Labute approximate surface area is 99.9 Å². The molecule has 0 aliphatic carbocycles. The number of hydrogen-bond donors (Lipinski definition) is 2. The largest absolute Gasteiger partial charge is 0.495 e. The molecular formula is C11H15ClN2O2. The first-order valence-electron chi connectivity index (χ1n) is 4.95. The van der Waals surface area contributed by atoms with Gasteiger partial charge in [-0.2, -0.15) is 0 Å². The van der Waals surface area contributed by atoms with Crippen molar-refractivity contribution in [3.63, 3.8) is 0 Å². The molecule has 0 aliphatic rings. The maximum Gasteiger partial charge on any atom is 0.216 e. The Hall–Kier alpha value is -1.42. The fourth-order valence-corrected chi connectivity index (χ4v) is 1.43. The Morgan fingerprint density at radius 1 is 1.44 bits per heavy atom. The molecular weight excluding hydrogens is 228 g/mol. The third-order valence-corrected chi connectivity index (χ3v) is 2.21. The van der Waals surface area contributed by atoms with E-state index in [4.69, 9.17) is 16.3 Å². The summed E-state index contributed by atoms with van der Waals surface area (Å²) in [6.07, 6.45) is 0. The van der Waals surface area contributed by atoms with Crippen LogP contribution in [-0.4, -0.2) is 26.1 Å². The third-order valence-electron chi connectivity index (χ3n) is 1.98. The van der Waals surface area contributed by atoms with Crippen molar-refractivity contribution in [2.24, 2.45) is 0 Å². The van der Waals surface area contributed by atoms with Gasteiger partial charge in [-0.25, -0.2) is 0 Å². The highest BCUT2D eigenvalue weighted by Crippen LogP contribution is 2.27. The SMILES string of the molecule is COc1ccc(Cl)cc1NCCNC(C)=O. The average Bonchev–Trinajstić information content (AvgIpc) is 2.24. The molecule has 0 atom stereocenters. The van der Waals surface area contributed by atoms with Gasteiger partial charge in [0.15, 0.2) is 0 Å². The van der Waals surface area contributed by atoms with Crippen molar-refractivity contribution < 1.29 is 9.53 Å². The maximum atomic E-state index is 10.6. The molecule has 1 aromatic carbocycles. The standard InChI is InChI=1S/C11H15ClN2O2/c1-8(15)13-5-6-14-10-7-9(12)3-4-11(10)16-2/h3-4,7,14H,5-6H2,1-2H3,(H,13,15). The molecule has 0 bridgehead atoms. The summed E-state index contributed by atoms with van der Waals surface area (Å²) in [6, 6.07) is 5.34. The van der Waals surface area contributed by atoms with Crippen LogP contribution in [0, 0.1) is 0 Å². The first-order chi connectivity index (χ1) is 7.63. The van der Waals surface area contributed by atoms with E-state index in [0.29, 0.717) is 18.1 Å². The minimum atomic E-state index is -0.0418. The monoisotopic (exact) mass is 242 g/mol. The van der Waals surface area contributed by atoms with Crippen LogP contribution < -0.4 is 15.4 Å². The van der Waals surface area contributed by atoms with Gasteiger partial charge in [-0.1, -0.05) is 11.6 Å². The molecule has 0 fully saturated rings. The van der Waals surface area contributed by atoms with Crippen LogP contribution >= 0.6 is 11.6 Å². The van der Waals surface area contributed by atoms with Crippen LogP contribution in [0.5, 0.6) is 5.75 Å². The van der Waals surface area contributed by atoms with Crippen molar-refractivity contribution in [2.75, 3.05) is 25.5 Å². The molecule has 0 spiro atoms. The van der Waals surface area contributed by atoms with Gasteiger partial charge in [-0.3, -0.25) is 4.79 Å². The quantitative estimate of drug-likeness (QED) is 0.776. The topological polar surface area (TPSA) is 50.4 Å². The van der Waals surface area contributed by atoms with E-state index in [1.165, 1.54) is 6.92 Å². The first-order valence-corrected chi connectivity index (χ1v) is 5.33. The number of rotatable bonds is 5. The lowest BCUT2D eigenvalue weighted by Crippen LogP contribution is -2.26. The van der Waals surface area contributed by atoms with Gasteiger partial charge >= 0.3 is 0 Å². The summed E-state index contributed by atoms with van der Waals surface area (Å²) < 4.78 is 5.17. The van der Waals surface area contributed by atoms with E-state index in [2.05, 4.69) is 10.6 Å². The van der Waals surface area contributed by atoms with E-state index in [0.717, 1.165) is 11.4 Å². The van der Waals surface area contributed by atoms with E-state index in [1.54, 1.807) is 25.3 Å². The molecule has 0 saturated heterocycles. The predicted octanol–water partition coefficient (Wildman–Crippen LogP) is 1.90. The molecule has 0 aliphatic heterocycles. The molecule has 1 rings (SSSR count). The summed E-state index contributed by atoms with van der Waals surface area (Å²) in [5.41, 5.74) is 0.820. The van der Waals surface area contributed by atoms with Crippen LogP contribution in [0.3, 0.4) is 0 Å². The van der Waals surface area contributed by atoms with Gasteiger partial charge in [0.1, 0.15) is 5.75 Å². The number of amides is 1. The smallest absolute Gasteiger partial charge is 0.216 e. The minimum absolute atomic E-state index is 0.0418. The lowest BCUT2D eigenvalue weighted by atomic mass is 10.3. The Morgan fingerprint density at radius 2 is 2.19 bits per heavy atom. The number of hydrogen-bond acceptors (Lipinski definition) is 3. The van der Waals surface area contributed by atoms with E-state index in [-0.39, 0.29) is 5.91 Å². The van der Waals surface area contributed by atoms with Gasteiger partial charge in [-0.15, -0.1) is 0 Å². The molecule has 5 heteroatoms. The Kier molecular flexibility index (Phi) is 4.92. The molecule has 2 N–H and O–H groups in total. The second kappa shape index (κ2) is 6.23. The van der Waals surface area contributed by atoms with Gasteiger partial charge in [0.25, 0.3) is 0 Å². The van der Waals surface area contributed by atoms with Crippen molar-refractivity contribution in [3.8, 4) is 5.75 Å². The molecule has 0 saturated carbocycles. The van der Waals surface area contributed by atoms with E-state index in [9.17, 15) is 4.79 Å². The van der Waals surface area contributed by atoms with Crippen LogP contribution in [0.4, 0.5) is 5.69 Å². The summed E-state index contributed by atoms with van der Waals surface area (Å²) in [4.78, 5) is 10.6. The number of methoxy groups -OCH3 is 1. The summed E-state index contributed by atoms with van der Waals surface area (Å²) in [7, 11) is 1.60. The molecule has 0 radical (unpaired) electrons. The van der Waals surface area contributed by atoms with Gasteiger partial charge in [0, 0.05) is 25.0 Å². The number of nitrogens with one attached hydrogen (secondary N) is 2. The second-order valence-electron chi connectivity index (χ2n) is 3.25. The molecule has 1 amide bonds. The number of halogens is 1. The van der Waals surface area contributed by atoms with Crippen LogP contribution in [0.15, 0.2) is 18.2 Å². The van der Waals surface area contributed by atoms with Crippen molar-refractivity contribution in [2.45, 2.75) is 6.92 Å². The highest BCUT2D eigenvalue weighted by atomic mass is 35.5. The zero-order valence-electron chi connectivity index (χ0n) is 9.34. The molecule has 16 heavy (non-hydrogen) atoms. The summed E-state index contributed by atoms with van der Waals surface area (Å²) in [6.45, 7) is 2.67. The molecule has 0 unspecified atom stereocenters. The van der Waals surface area contributed by atoms with Crippen molar-refractivity contribution in [3.05, 3.63) is 23.2 Å². The third kappa shape index (κ3) is 3.98. The summed E-state index contributed by atoms with van der Waals surface area (Å²) in [5.74, 6) is 0.687. The molecule has 0 heterocycles. The highest BCUT2D eigenvalue weighted by molar-refractivity contribution is 6.30. The molecule has 0 aromatic heterocycles. The Morgan fingerprint density at radius 3 is 2.81 bits per heavy atom. The normalized spacial score (nSPS) is 9.69. The molecule has 1 aromatic rings. The summed E-state index contributed by atoms with van der Waals surface area (Å²) >= 11 is 5.87. The maximum absolute atomic E-state index is 10.6. The number of carbonyl (C=O) groups is 1. The van der Waals surface area contributed by atoms with E-state index < -0.39 is 0 Å². The zero-order chi connectivity index (χ0) is 12.0. The molecule has 4 nitrogen and oxygen atoms in total. The van der Waals surface area contributed by atoms with Crippen molar-refractivity contribution >= 4 is 23.2 Å². The second-order valence-corrected chi connectivity index (χ2v) is 3.69. The van der Waals surface area contributed by atoms with Gasteiger partial charge in [0.05, 0.1) is 12.8 Å². The van der Waals surface area contributed by atoms with Gasteiger partial charge < -0.3 is 15.4 Å². The number of carbonyl (C=O) groups excluding carboxylic acids is 1. The summed E-state index contributed by atoms with van der Waals surface area (Å²) in [5, 5.41) is 6.47. The Bertz CT molecular complexity index is 369. The number of ether oxygens (including phenoxy) is 1. The lowest BCUT2D eigenvalue weighted by Gasteiger charge is -2.11. The Balaban J connectivity index is 2.51. The van der Waals surface area contributed by atoms with Crippen LogP contribution in [-0.2, 0) is 4.79 Å². The van der Waals surface area contributed by atoms with Crippen molar-refractivity contribution in [1.29, 1.82) is 0 Å². The fourth-order valence-electron chi connectivity index (χ4n) is 1.25. The lowest BCUT2D eigenvalue weighted by molar-refractivity contribution is -0.118. The van der Waals surface area contributed by atoms with Gasteiger partial charge in [-0.05, 0) is 18.2 Å². The van der Waals surface area contributed by atoms with Crippen LogP contribution in [0.25, 0.3) is 0 Å². The zero-order valence-corrected chi connectivity index (χ0v) is 10.1. The van der Waals surface area contributed by atoms with E-state index in [1.807, 2.05) is 0 Å². The highest BCUT2D eigenvalue weighted by Gasteiger charge is 2.02. The predicted molar refractivity (Wildman–Crippen MR) is 65.2 cm³/mol. The van der Waals surface area contributed by atoms with Crippen LogP contribution in [0.2, 0.25) is 5.02 Å². The number of anilines is 1. The van der Waals surface area contributed by atoms with Gasteiger partial charge in [0.2, 0.25) is 5.91 Å². The number of benzene rings is 1. The van der Waals surface area contributed by atoms with Crippen molar-refractivity contribution in [1.82, 2.24) is 5.32 Å².